The van der Waals surface area contributed by atoms with Gasteiger partial charge in [-0.25, -0.2) is 0 Å². The van der Waals surface area contributed by atoms with E-state index in [-0.39, 0.29) is 18.9 Å². The summed E-state index contributed by atoms with van der Waals surface area (Å²) in [5.74, 6) is -1.21. The lowest BCUT2D eigenvalue weighted by atomic mass is 10.2. The summed E-state index contributed by atoms with van der Waals surface area (Å²) in [6, 6.07) is 6.53. The Morgan fingerprint density at radius 2 is 1.95 bits per heavy atom. The molecule has 0 aliphatic rings. The number of amides is 2. The van der Waals surface area contributed by atoms with Crippen LogP contribution in [0.1, 0.15) is 23.7 Å². The molecule has 6 heteroatoms. The molecule has 0 radical (unpaired) electrons. The van der Waals surface area contributed by atoms with Gasteiger partial charge in [0.05, 0.1) is 6.61 Å². The molecule has 2 amide bonds. The molecule has 0 aliphatic heterocycles. The summed E-state index contributed by atoms with van der Waals surface area (Å²) in [5, 5.41) is 2.55. The maximum Gasteiger partial charge on any atom is 0.315 e. The van der Waals surface area contributed by atoms with Crippen molar-refractivity contribution in [2.24, 2.45) is 0 Å². The average Bonchev–Trinajstić information content (AvgIpc) is 2.37. The van der Waals surface area contributed by atoms with Crippen molar-refractivity contribution in [1.82, 2.24) is 4.90 Å². The van der Waals surface area contributed by atoms with Crippen LogP contribution in [0, 0.1) is 0 Å². The van der Waals surface area contributed by atoms with Crippen LogP contribution in [0.15, 0.2) is 24.3 Å². The van der Waals surface area contributed by atoms with Gasteiger partial charge >= 0.3 is 5.97 Å². The first-order chi connectivity index (χ1) is 9.43. The topological polar surface area (TPSA) is 75.7 Å². The number of rotatable bonds is 5. The van der Waals surface area contributed by atoms with E-state index in [4.69, 9.17) is 0 Å². The van der Waals surface area contributed by atoms with E-state index in [9.17, 15) is 14.4 Å². The SMILES string of the molecule is CCOC(=O)CC(=O)Nc1cccc(C(=O)N(C)C)c1. The number of nitrogens with one attached hydrogen (secondary N) is 1. The van der Waals surface area contributed by atoms with Gasteiger partial charge < -0.3 is 15.0 Å². The maximum atomic E-state index is 11.8. The molecule has 6 nitrogen and oxygen atoms in total. The number of benzene rings is 1. The largest absolute Gasteiger partial charge is 0.466 e. The molecule has 20 heavy (non-hydrogen) atoms. The molecule has 0 aromatic heterocycles. The summed E-state index contributed by atoms with van der Waals surface area (Å²) < 4.78 is 4.68. The first kappa shape index (κ1) is 15.7. The Balaban J connectivity index is 2.69. The zero-order chi connectivity index (χ0) is 15.1. The summed E-state index contributed by atoms with van der Waals surface area (Å²) in [6.07, 6.45) is -0.348. The molecule has 0 unspecified atom stereocenters. The predicted octanol–water partition coefficient (Wildman–Crippen LogP) is 1.28. The second-order valence-corrected chi connectivity index (χ2v) is 4.31. The van der Waals surface area contributed by atoms with Crippen LogP contribution in [0.25, 0.3) is 0 Å². The van der Waals surface area contributed by atoms with E-state index in [2.05, 4.69) is 10.1 Å². The Bertz CT molecular complexity index is 512. The lowest BCUT2D eigenvalue weighted by Crippen LogP contribution is -2.22. The van der Waals surface area contributed by atoms with Gasteiger partial charge in [0.25, 0.3) is 5.91 Å². The van der Waals surface area contributed by atoms with Gasteiger partial charge in [-0.15, -0.1) is 0 Å². The minimum Gasteiger partial charge on any atom is -0.466 e. The van der Waals surface area contributed by atoms with Gasteiger partial charge in [0.15, 0.2) is 0 Å². The first-order valence-electron chi connectivity index (χ1n) is 6.21. The van der Waals surface area contributed by atoms with Crippen molar-refractivity contribution in [1.29, 1.82) is 0 Å². The van der Waals surface area contributed by atoms with Crippen molar-refractivity contribution in [3.8, 4) is 0 Å². The van der Waals surface area contributed by atoms with E-state index in [1.807, 2.05) is 0 Å². The fraction of sp³-hybridized carbons (Fsp3) is 0.357. The number of hydrogen-bond acceptors (Lipinski definition) is 4. The number of carbonyl (C=O) groups is 3. The van der Waals surface area contributed by atoms with Gasteiger partial charge in [-0.1, -0.05) is 6.07 Å². The Kier molecular flexibility index (Phi) is 5.71. The van der Waals surface area contributed by atoms with Crippen molar-refractivity contribution in [2.75, 3.05) is 26.0 Å². The van der Waals surface area contributed by atoms with Crippen LogP contribution in [0.5, 0.6) is 0 Å². The van der Waals surface area contributed by atoms with Gasteiger partial charge in [-0.2, -0.15) is 0 Å². The molecule has 0 fully saturated rings. The molecular weight excluding hydrogens is 260 g/mol. The van der Waals surface area contributed by atoms with Crippen molar-refractivity contribution in [3.63, 3.8) is 0 Å². The predicted molar refractivity (Wildman–Crippen MR) is 74.3 cm³/mol. The normalized spacial score (nSPS) is 9.75. The van der Waals surface area contributed by atoms with E-state index in [0.717, 1.165) is 0 Å². The molecule has 108 valence electrons. The minimum absolute atomic E-state index is 0.161. The van der Waals surface area contributed by atoms with E-state index in [0.29, 0.717) is 11.3 Å². The second kappa shape index (κ2) is 7.28. The molecule has 0 saturated heterocycles. The lowest BCUT2D eigenvalue weighted by molar-refractivity contribution is -0.145. The Morgan fingerprint density at radius 1 is 1.25 bits per heavy atom. The summed E-state index contributed by atoms with van der Waals surface area (Å²) in [7, 11) is 3.29. The minimum atomic E-state index is -0.578. The lowest BCUT2D eigenvalue weighted by Gasteiger charge is -2.11. The van der Waals surface area contributed by atoms with Crippen LogP contribution < -0.4 is 5.32 Å². The third-order valence-corrected chi connectivity index (χ3v) is 2.41. The molecule has 1 aromatic rings. The van der Waals surface area contributed by atoms with Crippen molar-refractivity contribution >= 4 is 23.5 Å². The number of hydrogen-bond donors (Lipinski definition) is 1. The maximum absolute atomic E-state index is 11.8. The fourth-order valence-corrected chi connectivity index (χ4v) is 1.54. The Morgan fingerprint density at radius 3 is 2.55 bits per heavy atom. The third-order valence-electron chi connectivity index (χ3n) is 2.41. The van der Waals surface area contributed by atoms with Gasteiger partial charge in [0.2, 0.25) is 5.91 Å². The van der Waals surface area contributed by atoms with Crippen molar-refractivity contribution < 1.29 is 19.1 Å². The Hall–Kier alpha value is -2.37. The van der Waals surface area contributed by atoms with Crippen LogP contribution in [-0.4, -0.2) is 43.4 Å². The molecule has 0 aliphatic carbocycles. The number of nitrogens with zero attached hydrogens (tertiary/aromatic N) is 1. The quantitative estimate of drug-likeness (QED) is 0.650. The summed E-state index contributed by atoms with van der Waals surface area (Å²) in [5.41, 5.74) is 0.927. The van der Waals surface area contributed by atoms with Gasteiger partial charge in [0, 0.05) is 25.3 Å². The van der Waals surface area contributed by atoms with Crippen LogP contribution in [-0.2, 0) is 14.3 Å². The van der Waals surface area contributed by atoms with Gasteiger partial charge in [-0.3, -0.25) is 14.4 Å². The van der Waals surface area contributed by atoms with E-state index < -0.39 is 11.9 Å². The molecule has 0 atom stereocenters. The average molecular weight is 278 g/mol. The zero-order valence-corrected chi connectivity index (χ0v) is 11.8. The fourth-order valence-electron chi connectivity index (χ4n) is 1.54. The highest BCUT2D eigenvalue weighted by Gasteiger charge is 2.12. The molecule has 1 rings (SSSR count). The van der Waals surface area contributed by atoms with Crippen LogP contribution in [0.3, 0.4) is 0 Å². The highest BCUT2D eigenvalue weighted by atomic mass is 16.5. The summed E-state index contributed by atoms with van der Waals surface area (Å²) in [6.45, 7) is 1.91. The molecule has 0 heterocycles. The number of esters is 1. The van der Waals surface area contributed by atoms with Crippen molar-refractivity contribution in [2.45, 2.75) is 13.3 Å². The van der Waals surface area contributed by atoms with E-state index in [1.54, 1.807) is 45.3 Å². The van der Waals surface area contributed by atoms with Gasteiger partial charge in [-0.05, 0) is 25.1 Å². The highest BCUT2D eigenvalue weighted by Crippen LogP contribution is 2.12. The molecule has 0 bridgehead atoms. The molecule has 1 aromatic carbocycles. The molecule has 1 N–H and O–H groups in total. The third kappa shape index (κ3) is 4.72. The monoisotopic (exact) mass is 278 g/mol. The summed E-state index contributed by atoms with van der Waals surface area (Å²) in [4.78, 5) is 36.0. The van der Waals surface area contributed by atoms with Crippen molar-refractivity contribution in [3.05, 3.63) is 29.8 Å². The van der Waals surface area contributed by atoms with E-state index >= 15 is 0 Å². The smallest absolute Gasteiger partial charge is 0.315 e. The zero-order valence-electron chi connectivity index (χ0n) is 11.8. The van der Waals surface area contributed by atoms with Crippen LogP contribution >= 0.6 is 0 Å². The Labute approximate surface area is 117 Å². The summed E-state index contributed by atoms with van der Waals surface area (Å²) >= 11 is 0. The van der Waals surface area contributed by atoms with Gasteiger partial charge in [0.1, 0.15) is 6.42 Å². The molecular formula is C14H18N2O4. The second-order valence-electron chi connectivity index (χ2n) is 4.31. The molecule has 0 spiro atoms. The number of anilines is 1. The highest BCUT2D eigenvalue weighted by molar-refractivity contribution is 6.02. The standard InChI is InChI=1S/C14H18N2O4/c1-4-20-13(18)9-12(17)15-11-7-5-6-10(8-11)14(19)16(2)3/h5-8H,4,9H2,1-3H3,(H,15,17). The molecule has 0 saturated carbocycles. The number of ether oxygens (including phenoxy) is 1. The first-order valence-corrected chi connectivity index (χ1v) is 6.21. The van der Waals surface area contributed by atoms with Crippen LogP contribution in [0.2, 0.25) is 0 Å². The van der Waals surface area contributed by atoms with Crippen LogP contribution in [0.4, 0.5) is 5.69 Å². The van der Waals surface area contributed by atoms with E-state index in [1.165, 1.54) is 4.90 Å². The number of carbonyl (C=O) groups excluding carboxylic acids is 3.